The molecule has 0 spiro atoms. The summed E-state index contributed by atoms with van der Waals surface area (Å²) >= 11 is 12.1. The highest BCUT2D eigenvalue weighted by Crippen LogP contribution is 2.36. The van der Waals surface area contributed by atoms with Gasteiger partial charge in [-0.2, -0.15) is 0 Å². The molecular formula is C31H29Cl2F2N7O2. The van der Waals surface area contributed by atoms with Crippen LogP contribution in [0.25, 0.3) is 22.4 Å². The Morgan fingerprint density at radius 3 is 2.61 bits per heavy atom. The van der Waals surface area contributed by atoms with E-state index >= 15 is 0 Å². The zero-order valence-electron chi connectivity index (χ0n) is 23.6. The lowest BCUT2D eigenvalue weighted by Crippen LogP contribution is -2.28. The molecule has 228 valence electrons. The van der Waals surface area contributed by atoms with E-state index in [0.717, 1.165) is 0 Å². The second kappa shape index (κ2) is 13.1. The van der Waals surface area contributed by atoms with Crippen LogP contribution in [0, 0.1) is 5.92 Å². The van der Waals surface area contributed by atoms with Gasteiger partial charge in [0.2, 0.25) is 5.91 Å². The number of carbonyl (C=O) groups is 1. The van der Waals surface area contributed by atoms with Crippen molar-refractivity contribution < 1.29 is 13.6 Å². The molecule has 2 aromatic heterocycles. The van der Waals surface area contributed by atoms with E-state index in [-0.39, 0.29) is 27.9 Å². The average molecular weight is 641 g/mol. The maximum atomic E-state index is 13.7. The summed E-state index contributed by atoms with van der Waals surface area (Å²) in [7, 11) is 0. The van der Waals surface area contributed by atoms with E-state index in [1.165, 1.54) is 40.3 Å². The molecule has 0 radical (unpaired) electrons. The lowest BCUT2D eigenvalue weighted by atomic mass is 9.95. The molecule has 0 aliphatic carbocycles. The van der Waals surface area contributed by atoms with E-state index in [1.807, 2.05) is 0 Å². The van der Waals surface area contributed by atoms with Gasteiger partial charge < -0.3 is 11.1 Å². The van der Waals surface area contributed by atoms with Crippen molar-refractivity contribution in [2.75, 3.05) is 10.3 Å². The van der Waals surface area contributed by atoms with E-state index in [1.54, 1.807) is 49.5 Å². The zero-order chi connectivity index (χ0) is 31.5. The molecule has 13 heteroatoms. The van der Waals surface area contributed by atoms with Crippen LogP contribution in [0.2, 0.25) is 5.02 Å². The normalized spacial score (nSPS) is 17.3. The third-order valence-corrected chi connectivity index (χ3v) is 7.83. The van der Waals surface area contributed by atoms with Crippen molar-refractivity contribution in [1.29, 1.82) is 0 Å². The SMILES string of the molecule is CC1CCCC(n2cnc(-c3cc(Cl)ccc3N(N)/C=C(\N)Cl)cc2=O)c2cc(ccn2)-c2ccc(C(F)F)cc2NC1=O. The number of amides is 1. The molecule has 3 heterocycles. The molecule has 2 aromatic carbocycles. The van der Waals surface area contributed by atoms with Crippen molar-refractivity contribution in [3.63, 3.8) is 0 Å². The van der Waals surface area contributed by atoms with Crippen LogP contribution in [0.15, 0.2) is 83.3 Å². The van der Waals surface area contributed by atoms with Gasteiger partial charge in [-0.25, -0.2) is 19.6 Å². The fourth-order valence-electron chi connectivity index (χ4n) is 5.22. The van der Waals surface area contributed by atoms with Crippen LogP contribution in [0.4, 0.5) is 20.2 Å². The maximum Gasteiger partial charge on any atom is 0.263 e. The predicted octanol–water partition coefficient (Wildman–Crippen LogP) is 6.59. The molecule has 1 aliphatic rings. The first-order valence-corrected chi connectivity index (χ1v) is 14.5. The van der Waals surface area contributed by atoms with Crippen LogP contribution in [0.3, 0.4) is 0 Å². The summed E-state index contributed by atoms with van der Waals surface area (Å²) in [6.45, 7) is 1.78. The molecule has 4 aromatic rings. The number of hydrogen-bond donors (Lipinski definition) is 3. The fraction of sp³-hybridized carbons (Fsp3) is 0.226. The van der Waals surface area contributed by atoms with Crippen molar-refractivity contribution in [2.45, 2.75) is 38.7 Å². The quantitative estimate of drug-likeness (QED) is 0.127. The smallest absolute Gasteiger partial charge is 0.263 e. The Balaban J connectivity index is 1.59. The highest BCUT2D eigenvalue weighted by molar-refractivity contribution is 6.31. The second-order valence-corrected chi connectivity index (χ2v) is 11.4. The van der Waals surface area contributed by atoms with E-state index in [0.29, 0.717) is 58.1 Å². The second-order valence-electron chi connectivity index (χ2n) is 10.5. The molecule has 0 fully saturated rings. The highest BCUT2D eigenvalue weighted by Gasteiger charge is 2.24. The number of carbonyl (C=O) groups excluding carboxylic acids is 1. The number of nitrogens with zero attached hydrogens (tertiary/aromatic N) is 4. The number of nitrogens with two attached hydrogens (primary N) is 2. The van der Waals surface area contributed by atoms with Crippen molar-refractivity contribution in [3.05, 3.63) is 105 Å². The Morgan fingerprint density at radius 1 is 1.09 bits per heavy atom. The molecule has 44 heavy (non-hydrogen) atoms. The number of nitrogens with one attached hydrogen (secondary N) is 1. The lowest BCUT2D eigenvalue weighted by Gasteiger charge is -2.23. The van der Waals surface area contributed by atoms with Gasteiger partial charge in [-0.1, -0.05) is 48.7 Å². The number of rotatable bonds is 5. The van der Waals surface area contributed by atoms with Crippen molar-refractivity contribution in [1.82, 2.24) is 14.5 Å². The van der Waals surface area contributed by atoms with Gasteiger partial charge in [-0.3, -0.25) is 24.1 Å². The summed E-state index contributed by atoms with van der Waals surface area (Å²) in [6, 6.07) is 13.5. The Hall–Kier alpha value is -4.32. The summed E-state index contributed by atoms with van der Waals surface area (Å²) in [4.78, 5) is 35.9. The van der Waals surface area contributed by atoms with E-state index in [4.69, 9.17) is 34.8 Å². The van der Waals surface area contributed by atoms with Crippen molar-refractivity contribution in [3.8, 4) is 22.4 Å². The van der Waals surface area contributed by atoms with Gasteiger partial charge >= 0.3 is 0 Å². The first kappa shape index (κ1) is 31.1. The zero-order valence-corrected chi connectivity index (χ0v) is 25.1. The number of hydrogen-bond acceptors (Lipinski definition) is 7. The monoisotopic (exact) mass is 639 g/mol. The Bertz CT molecular complexity index is 1790. The maximum absolute atomic E-state index is 13.7. The fourth-order valence-corrected chi connectivity index (χ4v) is 5.49. The Kier molecular flexibility index (Phi) is 9.28. The molecule has 5 N–H and O–H groups in total. The van der Waals surface area contributed by atoms with E-state index in [2.05, 4.69) is 15.3 Å². The number of hydrazine groups is 1. The molecule has 0 saturated carbocycles. The molecule has 1 aliphatic heterocycles. The van der Waals surface area contributed by atoms with Crippen molar-refractivity contribution >= 4 is 40.5 Å². The third-order valence-electron chi connectivity index (χ3n) is 7.50. The van der Waals surface area contributed by atoms with Crippen LogP contribution >= 0.6 is 23.2 Å². The minimum atomic E-state index is -2.69. The van der Waals surface area contributed by atoms with Crippen LogP contribution < -0.4 is 27.5 Å². The summed E-state index contributed by atoms with van der Waals surface area (Å²) < 4.78 is 28.5. The largest absolute Gasteiger partial charge is 0.388 e. The first-order chi connectivity index (χ1) is 21.0. The molecule has 2 unspecified atom stereocenters. The van der Waals surface area contributed by atoms with Crippen LogP contribution in [0.1, 0.15) is 49.9 Å². The third kappa shape index (κ3) is 6.75. The number of fused-ring (bicyclic) bond motifs is 4. The van der Waals surface area contributed by atoms with Gasteiger partial charge in [-0.15, -0.1) is 0 Å². The van der Waals surface area contributed by atoms with Gasteiger partial charge in [0, 0.05) is 45.6 Å². The Morgan fingerprint density at radius 2 is 1.89 bits per heavy atom. The van der Waals surface area contributed by atoms with Crippen LogP contribution in [-0.4, -0.2) is 20.4 Å². The van der Waals surface area contributed by atoms with E-state index in [9.17, 15) is 18.4 Å². The van der Waals surface area contributed by atoms with Gasteiger partial charge in [0.25, 0.3) is 12.0 Å². The first-order valence-electron chi connectivity index (χ1n) is 13.8. The van der Waals surface area contributed by atoms with Gasteiger partial charge in [0.1, 0.15) is 5.16 Å². The molecule has 0 saturated heterocycles. The minimum Gasteiger partial charge on any atom is -0.388 e. The summed E-state index contributed by atoms with van der Waals surface area (Å²) in [5, 5.41) is 4.41. The van der Waals surface area contributed by atoms with E-state index < -0.39 is 18.4 Å². The number of benzene rings is 2. The molecule has 1 amide bonds. The predicted molar refractivity (Wildman–Crippen MR) is 168 cm³/mol. The van der Waals surface area contributed by atoms with Gasteiger partial charge in [0.05, 0.1) is 35.6 Å². The van der Waals surface area contributed by atoms with Gasteiger partial charge in [-0.05, 0) is 54.8 Å². The number of halogens is 4. The molecule has 2 atom stereocenters. The summed E-state index contributed by atoms with van der Waals surface area (Å²) in [5.74, 6) is 5.45. The molecule has 2 bridgehead atoms. The summed E-state index contributed by atoms with van der Waals surface area (Å²) in [5.41, 5.74) is 8.38. The highest BCUT2D eigenvalue weighted by atomic mass is 35.5. The number of aromatic nitrogens is 3. The number of anilines is 2. The van der Waals surface area contributed by atoms with Crippen LogP contribution in [-0.2, 0) is 4.79 Å². The van der Waals surface area contributed by atoms with Gasteiger partial charge in [0.15, 0.2) is 0 Å². The number of pyridine rings is 1. The molecule has 9 nitrogen and oxygen atoms in total. The molecular weight excluding hydrogens is 611 g/mol. The average Bonchev–Trinajstić information content (AvgIpc) is 2.98. The molecule has 5 rings (SSSR count). The lowest BCUT2D eigenvalue weighted by molar-refractivity contribution is -0.119. The topological polar surface area (TPSA) is 132 Å². The van der Waals surface area contributed by atoms with Crippen molar-refractivity contribution in [2.24, 2.45) is 17.5 Å². The van der Waals surface area contributed by atoms with Crippen LogP contribution in [0.5, 0.6) is 0 Å². The summed E-state index contributed by atoms with van der Waals surface area (Å²) in [6.07, 6.45) is 3.23. The standard InChI is InChI=1S/C31H29Cl2F2N7O2/c1-17-3-2-4-27(25-11-18(9-10-38-25)21-7-5-19(30(34)35)12-24(21)40-31(17)44)41-16-39-23(14-29(41)43)22-13-20(32)6-8-26(22)42(37)15-28(33)36/h5-17,27,30H,2-4,36-37H2,1H3,(H,40,44)/b28-15-. The minimum absolute atomic E-state index is 0.0436. The Labute approximate surface area is 262 Å². The number of alkyl halides is 2.